The van der Waals surface area contributed by atoms with Gasteiger partial charge in [0.25, 0.3) is 0 Å². The number of carbonyl (C=O) groups is 2. The zero-order chi connectivity index (χ0) is 19.7. The zero-order valence-corrected chi connectivity index (χ0v) is 16.1. The summed E-state index contributed by atoms with van der Waals surface area (Å²) in [6.07, 6.45) is 2.96. The molecule has 1 atom stereocenters. The molecule has 1 saturated carbocycles. The Balaban J connectivity index is 1.58. The number of nitrogens with zero attached hydrogens (tertiary/aromatic N) is 2. The lowest BCUT2D eigenvalue weighted by Gasteiger charge is -2.37. The fourth-order valence-corrected chi connectivity index (χ4v) is 4.15. The Labute approximate surface area is 164 Å². The van der Waals surface area contributed by atoms with Crippen LogP contribution in [-0.4, -0.2) is 34.2 Å². The summed E-state index contributed by atoms with van der Waals surface area (Å²) in [7, 11) is 0. The van der Waals surface area contributed by atoms with Gasteiger partial charge < -0.3 is 9.80 Å². The molecule has 146 valence electrons. The van der Waals surface area contributed by atoms with Crippen LogP contribution in [0.15, 0.2) is 48.5 Å². The summed E-state index contributed by atoms with van der Waals surface area (Å²) in [5.41, 5.74) is 2.79. The van der Waals surface area contributed by atoms with Crippen LogP contribution in [0.25, 0.3) is 0 Å². The molecule has 2 aromatic rings. The van der Waals surface area contributed by atoms with Crippen LogP contribution in [0.4, 0.5) is 4.39 Å². The number of amides is 2. The van der Waals surface area contributed by atoms with Crippen molar-refractivity contribution in [3.05, 3.63) is 71.0 Å². The second-order valence-electron chi connectivity index (χ2n) is 7.73. The van der Waals surface area contributed by atoms with Crippen LogP contribution in [0.3, 0.4) is 0 Å². The normalized spacial score (nSPS) is 18.5. The smallest absolute Gasteiger partial charge is 0.225 e. The van der Waals surface area contributed by atoms with Gasteiger partial charge in [-0.05, 0) is 36.5 Å². The minimum atomic E-state index is -0.283. The van der Waals surface area contributed by atoms with E-state index in [1.54, 1.807) is 34.9 Å². The summed E-state index contributed by atoms with van der Waals surface area (Å²) in [5.74, 6) is -0.313. The molecular weight excluding hydrogens is 355 g/mol. The number of carbonyl (C=O) groups excluding carboxylic acids is 2. The fourth-order valence-electron chi connectivity index (χ4n) is 4.15. The predicted molar refractivity (Wildman–Crippen MR) is 105 cm³/mol. The molecule has 4 rings (SSSR count). The highest BCUT2D eigenvalue weighted by Gasteiger charge is 2.37. The molecule has 1 aliphatic carbocycles. The van der Waals surface area contributed by atoms with E-state index in [2.05, 4.69) is 6.07 Å². The molecule has 28 heavy (non-hydrogen) atoms. The van der Waals surface area contributed by atoms with Crippen LogP contribution in [0, 0.1) is 5.82 Å². The van der Waals surface area contributed by atoms with Crippen LogP contribution in [0.5, 0.6) is 0 Å². The third kappa shape index (κ3) is 3.79. The summed E-state index contributed by atoms with van der Waals surface area (Å²) in [5, 5.41) is 0. The van der Waals surface area contributed by atoms with Crippen molar-refractivity contribution in [2.75, 3.05) is 6.54 Å². The van der Waals surface area contributed by atoms with E-state index in [0.717, 1.165) is 24.8 Å². The monoisotopic (exact) mass is 380 g/mol. The second kappa shape index (κ2) is 7.74. The minimum absolute atomic E-state index is 0.0145. The van der Waals surface area contributed by atoms with Crippen molar-refractivity contribution in [1.29, 1.82) is 0 Å². The molecule has 5 heteroatoms. The van der Waals surface area contributed by atoms with Gasteiger partial charge in [0, 0.05) is 31.6 Å². The quantitative estimate of drug-likeness (QED) is 0.790. The molecule has 1 heterocycles. The Morgan fingerprint density at radius 1 is 1.11 bits per heavy atom. The molecule has 1 unspecified atom stereocenters. The molecule has 0 saturated heterocycles. The van der Waals surface area contributed by atoms with Crippen molar-refractivity contribution in [3.8, 4) is 0 Å². The molecule has 2 amide bonds. The second-order valence-corrected chi connectivity index (χ2v) is 7.73. The first kappa shape index (κ1) is 18.7. The Morgan fingerprint density at radius 2 is 1.82 bits per heavy atom. The van der Waals surface area contributed by atoms with E-state index in [0.29, 0.717) is 12.1 Å². The first-order chi connectivity index (χ1) is 13.5. The third-order valence-electron chi connectivity index (χ3n) is 5.79. The number of benzene rings is 2. The molecule has 2 aliphatic rings. The maximum absolute atomic E-state index is 14.1. The number of rotatable bonds is 5. The third-order valence-corrected chi connectivity index (χ3v) is 5.79. The standard InChI is InChI=1S/C23H25FN2O2/c1-16(27)25-13-12-17-6-2-4-8-20(17)22(25)14-23(28)26(19-10-11-19)15-18-7-3-5-9-21(18)24/h2-9,19,22H,10-15H2,1H3. The summed E-state index contributed by atoms with van der Waals surface area (Å²) < 4.78 is 14.1. The first-order valence-corrected chi connectivity index (χ1v) is 9.92. The van der Waals surface area contributed by atoms with Gasteiger partial charge >= 0.3 is 0 Å². The molecule has 0 N–H and O–H groups in total. The van der Waals surface area contributed by atoms with Crippen molar-refractivity contribution in [2.24, 2.45) is 0 Å². The van der Waals surface area contributed by atoms with E-state index in [-0.39, 0.29) is 42.7 Å². The Bertz CT molecular complexity index is 894. The van der Waals surface area contributed by atoms with Gasteiger partial charge in [-0.25, -0.2) is 4.39 Å². The number of fused-ring (bicyclic) bond motifs is 1. The molecule has 0 spiro atoms. The lowest BCUT2D eigenvalue weighted by atomic mass is 9.90. The molecule has 2 aromatic carbocycles. The molecule has 0 aromatic heterocycles. The predicted octanol–water partition coefficient (Wildman–Crippen LogP) is 3.85. The van der Waals surface area contributed by atoms with Gasteiger partial charge in [0.15, 0.2) is 0 Å². The summed E-state index contributed by atoms with van der Waals surface area (Å²) in [6, 6.07) is 14.6. The first-order valence-electron chi connectivity index (χ1n) is 9.92. The van der Waals surface area contributed by atoms with Crippen LogP contribution in [0.2, 0.25) is 0 Å². The highest BCUT2D eigenvalue weighted by atomic mass is 19.1. The van der Waals surface area contributed by atoms with Crippen molar-refractivity contribution in [2.45, 2.75) is 51.2 Å². The van der Waals surface area contributed by atoms with Crippen molar-refractivity contribution >= 4 is 11.8 Å². The van der Waals surface area contributed by atoms with Crippen molar-refractivity contribution in [3.63, 3.8) is 0 Å². The van der Waals surface area contributed by atoms with E-state index >= 15 is 0 Å². The van der Waals surface area contributed by atoms with Gasteiger partial charge in [0.05, 0.1) is 12.5 Å². The molecular formula is C23H25FN2O2. The van der Waals surface area contributed by atoms with Crippen molar-refractivity contribution in [1.82, 2.24) is 9.80 Å². The maximum Gasteiger partial charge on any atom is 0.225 e. The molecule has 4 nitrogen and oxygen atoms in total. The molecule has 0 bridgehead atoms. The van der Waals surface area contributed by atoms with Gasteiger partial charge in [0.2, 0.25) is 11.8 Å². The highest BCUT2D eigenvalue weighted by molar-refractivity contribution is 5.80. The highest BCUT2D eigenvalue weighted by Crippen LogP contribution is 2.35. The Hall–Kier alpha value is -2.69. The van der Waals surface area contributed by atoms with Gasteiger partial charge in [-0.1, -0.05) is 42.5 Å². The van der Waals surface area contributed by atoms with Gasteiger partial charge in [-0.2, -0.15) is 0 Å². The van der Waals surface area contributed by atoms with E-state index in [1.165, 1.54) is 11.6 Å². The molecule has 1 fully saturated rings. The minimum Gasteiger partial charge on any atom is -0.335 e. The molecule has 1 aliphatic heterocycles. The lowest BCUT2D eigenvalue weighted by molar-refractivity contribution is -0.137. The number of hydrogen-bond donors (Lipinski definition) is 0. The van der Waals surface area contributed by atoms with E-state index in [4.69, 9.17) is 0 Å². The Kier molecular flexibility index (Phi) is 5.16. The van der Waals surface area contributed by atoms with Gasteiger partial charge in [0.1, 0.15) is 5.82 Å². The average Bonchev–Trinajstić information content (AvgIpc) is 3.52. The van der Waals surface area contributed by atoms with E-state index in [9.17, 15) is 14.0 Å². The number of hydrogen-bond acceptors (Lipinski definition) is 2. The molecule has 0 radical (unpaired) electrons. The topological polar surface area (TPSA) is 40.6 Å². The fraction of sp³-hybridized carbons (Fsp3) is 0.391. The number of halogens is 1. The van der Waals surface area contributed by atoms with Crippen LogP contribution >= 0.6 is 0 Å². The Morgan fingerprint density at radius 3 is 2.54 bits per heavy atom. The van der Waals surface area contributed by atoms with E-state index < -0.39 is 0 Å². The van der Waals surface area contributed by atoms with Crippen molar-refractivity contribution < 1.29 is 14.0 Å². The average molecular weight is 380 g/mol. The van der Waals surface area contributed by atoms with Gasteiger partial charge in [-0.15, -0.1) is 0 Å². The van der Waals surface area contributed by atoms with Crippen LogP contribution in [-0.2, 0) is 22.6 Å². The van der Waals surface area contributed by atoms with E-state index in [1.807, 2.05) is 18.2 Å². The van der Waals surface area contributed by atoms with Crippen LogP contribution in [0.1, 0.15) is 48.9 Å². The lowest BCUT2D eigenvalue weighted by Crippen LogP contribution is -2.42. The summed E-state index contributed by atoms with van der Waals surface area (Å²) >= 11 is 0. The SMILES string of the molecule is CC(=O)N1CCc2ccccc2C1CC(=O)N(Cc1ccccc1F)C1CC1. The largest absolute Gasteiger partial charge is 0.335 e. The van der Waals surface area contributed by atoms with Gasteiger partial charge in [-0.3, -0.25) is 9.59 Å². The maximum atomic E-state index is 14.1. The van der Waals surface area contributed by atoms with Crippen LogP contribution < -0.4 is 0 Å². The zero-order valence-electron chi connectivity index (χ0n) is 16.1. The summed E-state index contributed by atoms with van der Waals surface area (Å²) in [6.45, 7) is 2.47. The summed E-state index contributed by atoms with van der Waals surface area (Å²) in [4.78, 5) is 29.1.